The van der Waals surface area contributed by atoms with Crippen LogP contribution in [0.25, 0.3) is 0 Å². The van der Waals surface area contributed by atoms with Crippen molar-refractivity contribution in [3.63, 3.8) is 0 Å². The maximum absolute atomic E-state index is 13.1. The number of unbranched alkanes of at least 4 members (excludes halogenated alkanes) is 30. The first-order valence-electron chi connectivity index (χ1n) is 31.8. The van der Waals surface area contributed by atoms with Gasteiger partial charge in [0.05, 0.1) is 25.4 Å². The van der Waals surface area contributed by atoms with Gasteiger partial charge in [-0.15, -0.1) is 0 Å². The van der Waals surface area contributed by atoms with Gasteiger partial charge in [-0.2, -0.15) is 0 Å². The van der Waals surface area contributed by atoms with Crippen LogP contribution in [-0.4, -0.2) is 87.5 Å². The summed E-state index contributed by atoms with van der Waals surface area (Å²) >= 11 is 0. The summed E-state index contributed by atoms with van der Waals surface area (Å²) in [7, 11) is 0. The number of amides is 1. The van der Waals surface area contributed by atoms with Gasteiger partial charge < -0.3 is 40.3 Å². The molecule has 1 amide bonds. The van der Waals surface area contributed by atoms with Crippen LogP contribution in [0.4, 0.5) is 0 Å². The zero-order chi connectivity index (χ0) is 55.0. The lowest BCUT2D eigenvalue weighted by molar-refractivity contribution is -0.302. The van der Waals surface area contributed by atoms with Crippen LogP contribution >= 0.6 is 0 Å². The fourth-order valence-corrected chi connectivity index (χ4v) is 9.79. The highest BCUT2D eigenvalue weighted by Crippen LogP contribution is 2.23. The molecule has 1 saturated heterocycles. The molecule has 1 heterocycles. The molecule has 76 heavy (non-hydrogen) atoms. The number of hydrogen-bond donors (Lipinski definition) is 6. The zero-order valence-corrected chi connectivity index (χ0v) is 49.0. The molecule has 0 aromatic rings. The van der Waals surface area contributed by atoms with E-state index in [2.05, 4.69) is 104 Å². The Balaban J connectivity index is 2.20. The predicted molar refractivity (Wildman–Crippen MR) is 322 cm³/mol. The van der Waals surface area contributed by atoms with Gasteiger partial charge in [-0.1, -0.05) is 285 Å². The van der Waals surface area contributed by atoms with Crippen molar-refractivity contribution in [2.75, 3.05) is 13.2 Å². The lowest BCUT2D eigenvalue weighted by Crippen LogP contribution is -2.60. The van der Waals surface area contributed by atoms with Crippen LogP contribution in [0.5, 0.6) is 0 Å². The van der Waals surface area contributed by atoms with Gasteiger partial charge in [0.25, 0.3) is 0 Å². The van der Waals surface area contributed by atoms with Crippen molar-refractivity contribution in [1.29, 1.82) is 0 Å². The van der Waals surface area contributed by atoms with Crippen LogP contribution in [0.2, 0.25) is 0 Å². The van der Waals surface area contributed by atoms with Crippen LogP contribution in [0.15, 0.2) is 85.1 Å². The molecule has 1 aliphatic heterocycles. The number of nitrogens with one attached hydrogen (secondary N) is 1. The van der Waals surface area contributed by atoms with Crippen LogP contribution < -0.4 is 5.32 Å². The molecule has 9 heteroatoms. The van der Waals surface area contributed by atoms with Crippen molar-refractivity contribution in [3.05, 3.63) is 85.1 Å². The van der Waals surface area contributed by atoms with Crippen molar-refractivity contribution >= 4 is 5.91 Å². The Hall–Kier alpha value is -2.63. The van der Waals surface area contributed by atoms with E-state index in [1.807, 2.05) is 0 Å². The van der Waals surface area contributed by atoms with Gasteiger partial charge >= 0.3 is 0 Å². The van der Waals surface area contributed by atoms with E-state index in [1.54, 1.807) is 0 Å². The number of allylic oxidation sites excluding steroid dienone is 14. The standard InChI is InChI=1S/C67H119NO8/c1-3-5-7-9-11-13-15-17-19-21-23-25-27-29-31-33-35-37-39-41-43-45-47-49-51-53-55-57-63(71)68-60(59-75-67-66(74)65(73)64(72)62(58-69)76-67)61(70)56-54-52-50-48-46-44-42-40-38-36-34-32-30-28-26-24-22-20-18-16-14-12-10-8-6-4-2/h5,7,11,13,17,19,23,25,29,31,35,37,41,43,60-62,64-67,69-70,72-74H,3-4,6,8-10,12,14-16,18,20-22,24,26-28,30,32-34,36,38-40,42,44-59H2,1-2H3,(H,68,71)/b7-5-,13-11-,19-17-,25-23-,31-29-,37-35-,43-41-. The number of carbonyl (C=O) groups is 1. The zero-order valence-electron chi connectivity index (χ0n) is 49.0. The molecule has 0 aliphatic carbocycles. The van der Waals surface area contributed by atoms with Gasteiger partial charge in [0.2, 0.25) is 5.91 Å². The van der Waals surface area contributed by atoms with E-state index in [9.17, 15) is 30.3 Å². The van der Waals surface area contributed by atoms with Gasteiger partial charge in [0.1, 0.15) is 24.4 Å². The van der Waals surface area contributed by atoms with Crippen LogP contribution in [0.3, 0.4) is 0 Å². The SMILES string of the molecule is CC/C=C\C/C=C\C/C=C\C/C=C\C/C=C\C/C=C\C/C=C\CCCCCCCC(=O)NC(COC1OC(CO)C(O)C(O)C1O)C(O)CCCCCCCCCCCCCCCCCCCCCCCCCCCC. The molecule has 0 bridgehead atoms. The van der Waals surface area contributed by atoms with Crippen molar-refractivity contribution in [1.82, 2.24) is 5.32 Å². The molecule has 7 unspecified atom stereocenters. The van der Waals surface area contributed by atoms with E-state index in [0.717, 1.165) is 103 Å². The molecule has 0 aromatic carbocycles. The van der Waals surface area contributed by atoms with E-state index in [-0.39, 0.29) is 12.5 Å². The smallest absolute Gasteiger partial charge is 0.220 e. The highest BCUT2D eigenvalue weighted by molar-refractivity contribution is 5.76. The van der Waals surface area contributed by atoms with Gasteiger partial charge in [-0.05, 0) is 70.6 Å². The monoisotopic (exact) mass is 1070 g/mol. The normalized spacial score (nSPS) is 19.4. The molecule has 440 valence electrons. The van der Waals surface area contributed by atoms with Crippen LogP contribution in [0, 0.1) is 0 Å². The molecule has 0 spiro atoms. The molecule has 1 fully saturated rings. The van der Waals surface area contributed by atoms with E-state index in [1.165, 1.54) is 148 Å². The topological polar surface area (TPSA) is 149 Å². The number of aliphatic hydroxyl groups is 5. The summed E-state index contributed by atoms with van der Waals surface area (Å²) in [6.45, 7) is 3.74. The maximum atomic E-state index is 13.1. The number of ether oxygens (including phenoxy) is 2. The summed E-state index contributed by atoms with van der Waals surface area (Å²) in [5.74, 6) is -0.163. The lowest BCUT2D eigenvalue weighted by atomic mass is 9.99. The summed E-state index contributed by atoms with van der Waals surface area (Å²) in [6.07, 6.45) is 71.9. The third-order valence-electron chi connectivity index (χ3n) is 14.8. The fraction of sp³-hybridized carbons (Fsp3) is 0.776. The Kier molecular flexibility index (Phi) is 52.3. The summed E-state index contributed by atoms with van der Waals surface area (Å²) in [5, 5.41) is 54.8. The second kappa shape index (κ2) is 55.7. The predicted octanol–water partition coefficient (Wildman–Crippen LogP) is 16.6. The fourth-order valence-electron chi connectivity index (χ4n) is 9.79. The number of hydrogen-bond acceptors (Lipinski definition) is 8. The molecular weight excluding hydrogens is 947 g/mol. The lowest BCUT2D eigenvalue weighted by Gasteiger charge is -2.40. The highest BCUT2D eigenvalue weighted by Gasteiger charge is 2.44. The minimum absolute atomic E-state index is 0.150. The number of rotatable bonds is 54. The largest absolute Gasteiger partial charge is 0.394 e. The number of aliphatic hydroxyl groups excluding tert-OH is 5. The first-order valence-corrected chi connectivity index (χ1v) is 31.8. The molecule has 0 radical (unpaired) electrons. The quantitative estimate of drug-likeness (QED) is 0.0261. The molecule has 9 nitrogen and oxygen atoms in total. The minimum atomic E-state index is -1.56. The Labute approximate surface area is 467 Å². The Morgan fingerprint density at radius 3 is 1.21 bits per heavy atom. The van der Waals surface area contributed by atoms with Crippen LogP contribution in [0.1, 0.15) is 277 Å². The second-order valence-corrected chi connectivity index (χ2v) is 21.8. The first kappa shape index (κ1) is 71.4. The van der Waals surface area contributed by atoms with Crippen LogP contribution in [-0.2, 0) is 14.3 Å². The molecule has 6 N–H and O–H groups in total. The maximum Gasteiger partial charge on any atom is 0.220 e. The van der Waals surface area contributed by atoms with Crippen molar-refractivity contribution in [2.24, 2.45) is 0 Å². The van der Waals surface area contributed by atoms with E-state index in [0.29, 0.717) is 12.8 Å². The third-order valence-corrected chi connectivity index (χ3v) is 14.8. The van der Waals surface area contributed by atoms with Crippen molar-refractivity contribution in [2.45, 2.75) is 320 Å². The summed E-state index contributed by atoms with van der Waals surface area (Å²) in [4.78, 5) is 13.1. The van der Waals surface area contributed by atoms with Gasteiger partial charge in [0.15, 0.2) is 6.29 Å². The van der Waals surface area contributed by atoms with Crippen molar-refractivity contribution < 1.29 is 39.8 Å². The Bertz CT molecular complexity index is 1470. The van der Waals surface area contributed by atoms with Gasteiger partial charge in [-0.25, -0.2) is 0 Å². The summed E-state index contributed by atoms with van der Waals surface area (Å²) in [6, 6.07) is -0.737. The molecule has 1 aliphatic rings. The Morgan fingerprint density at radius 2 is 0.816 bits per heavy atom. The summed E-state index contributed by atoms with van der Waals surface area (Å²) in [5.41, 5.74) is 0. The summed E-state index contributed by atoms with van der Waals surface area (Å²) < 4.78 is 11.3. The molecular formula is C67H119NO8. The second-order valence-electron chi connectivity index (χ2n) is 21.8. The van der Waals surface area contributed by atoms with Gasteiger partial charge in [0, 0.05) is 6.42 Å². The first-order chi connectivity index (χ1) is 37.3. The number of carbonyl (C=O) groups excluding carboxylic acids is 1. The van der Waals surface area contributed by atoms with E-state index < -0.39 is 49.5 Å². The van der Waals surface area contributed by atoms with E-state index >= 15 is 0 Å². The average molecular weight is 1070 g/mol. The minimum Gasteiger partial charge on any atom is -0.394 e. The van der Waals surface area contributed by atoms with Crippen molar-refractivity contribution in [3.8, 4) is 0 Å². The molecule has 1 rings (SSSR count). The molecule has 0 saturated carbocycles. The van der Waals surface area contributed by atoms with Gasteiger partial charge in [-0.3, -0.25) is 4.79 Å². The average Bonchev–Trinajstić information content (AvgIpc) is 3.42. The molecule has 7 atom stereocenters. The van der Waals surface area contributed by atoms with E-state index in [4.69, 9.17) is 9.47 Å². The highest BCUT2D eigenvalue weighted by atomic mass is 16.7. The third kappa shape index (κ3) is 44.2. The Morgan fingerprint density at radius 1 is 0.461 bits per heavy atom. The molecule has 0 aromatic heterocycles.